The number of hydrogen-bond donors (Lipinski definition) is 0. The highest BCUT2D eigenvalue weighted by atomic mass is 19.1. The molecule has 6 heteroatoms. The summed E-state index contributed by atoms with van der Waals surface area (Å²) in [6.45, 7) is 5.21. The van der Waals surface area contributed by atoms with Crippen molar-refractivity contribution in [3.63, 3.8) is 0 Å². The van der Waals surface area contributed by atoms with Crippen LogP contribution in [0.15, 0.2) is 12.1 Å². The molecule has 24 heavy (non-hydrogen) atoms. The second-order valence-corrected chi connectivity index (χ2v) is 7.33. The molecule has 0 amide bonds. The van der Waals surface area contributed by atoms with E-state index in [2.05, 4.69) is 21.7 Å². The molecule has 130 valence electrons. The lowest BCUT2D eigenvalue weighted by Gasteiger charge is -2.37. The van der Waals surface area contributed by atoms with Crippen LogP contribution in [0.2, 0.25) is 0 Å². The molecule has 0 aromatic heterocycles. The van der Waals surface area contributed by atoms with Gasteiger partial charge in [0.05, 0.1) is 5.56 Å². The van der Waals surface area contributed by atoms with Gasteiger partial charge in [0.2, 0.25) is 0 Å². The van der Waals surface area contributed by atoms with Crippen LogP contribution < -0.4 is 4.90 Å². The predicted octanol–water partition coefficient (Wildman–Crippen LogP) is 1.67. The molecular formula is C18H24FN3O2. The van der Waals surface area contributed by atoms with E-state index in [9.17, 15) is 9.18 Å². The SMILES string of the molecule is CN1CCN(c2cc(F)c3c(c2)C(=O)OC32CCN(C)CC2)CC1. The largest absolute Gasteiger partial charge is 0.450 e. The van der Waals surface area contributed by atoms with Gasteiger partial charge in [-0.25, -0.2) is 9.18 Å². The monoisotopic (exact) mass is 333 g/mol. The molecule has 0 N–H and O–H groups in total. The number of benzene rings is 1. The van der Waals surface area contributed by atoms with E-state index in [1.807, 2.05) is 13.1 Å². The Bertz CT molecular complexity index is 662. The Morgan fingerprint density at radius 3 is 2.29 bits per heavy atom. The van der Waals surface area contributed by atoms with Gasteiger partial charge < -0.3 is 19.4 Å². The standard InChI is InChI=1S/C18H24FN3O2/c1-20-5-3-18(4-6-20)16-14(17(23)24-18)11-13(12-15(16)19)22-9-7-21(2)8-10-22/h11-12H,3-10H2,1-2H3. The fourth-order valence-electron chi connectivity index (χ4n) is 4.08. The smallest absolute Gasteiger partial charge is 0.339 e. The second kappa shape index (κ2) is 5.70. The Labute approximate surface area is 142 Å². The molecule has 5 nitrogen and oxygen atoms in total. The number of likely N-dealkylation sites (tertiary alicyclic amines) is 1. The Kier molecular flexibility index (Phi) is 3.77. The van der Waals surface area contributed by atoms with Crippen LogP contribution in [0.25, 0.3) is 0 Å². The van der Waals surface area contributed by atoms with E-state index >= 15 is 0 Å². The third-order valence-corrected chi connectivity index (χ3v) is 5.70. The number of ether oxygens (including phenoxy) is 1. The first-order valence-electron chi connectivity index (χ1n) is 8.68. The van der Waals surface area contributed by atoms with Gasteiger partial charge in [-0.05, 0) is 26.2 Å². The summed E-state index contributed by atoms with van der Waals surface area (Å²) in [5.74, 6) is -0.665. The summed E-state index contributed by atoms with van der Waals surface area (Å²) in [6, 6.07) is 3.42. The van der Waals surface area contributed by atoms with Crippen LogP contribution in [0.1, 0.15) is 28.8 Å². The number of fused-ring (bicyclic) bond motifs is 2. The molecule has 3 aliphatic heterocycles. The number of esters is 1. The van der Waals surface area contributed by atoms with Crippen molar-refractivity contribution in [3.05, 3.63) is 29.1 Å². The minimum absolute atomic E-state index is 0.295. The summed E-state index contributed by atoms with van der Waals surface area (Å²) in [7, 11) is 4.12. The van der Waals surface area contributed by atoms with Crippen LogP contribution in [0.3, 0.4) is 0 Å². The summed E-state index contributed by atoms with van der Waals surface area (Å²) in [6.07, 6.45) is 1.32. The Hall–Kier alpha value is -1.66. The number of carbonyl (C=O) groups is 1. The van der Waals surface area contributed by atoms with Gasteiger partial charge in [-0.3, -0.25) is 0 Å². The van der Waals surface area contributed by atoms with Crippen molar-refractivity contribution in [1.29, 1.82) is 0 Å². The molecule has 0 atom stereocenters. The summed E-state index contributed by atoms with van der Waals surface area (Å²) in [4.78, 5) is 19.0. The fourth-order valence-corrected chi connectivity index (χ4v) is 4.08. The Balaban J connectivity index is 1.69. The zero-order chi connectivity index (χ0) is 16.9. The quantitative estimate of drug-likeness (QED) is 0.731. The summed E-state index contributed by atoms with van der Waals surface area (Å²) in [5.41, 5.74) is 0.942. The van der Waals surface area contributed by atoms with Crippen molar-refractivity contribution in [2.45, 2.75) is 18.4 Å². The molecule has 3 aliphatic rings. The molecule has 0 saturated carbocycles. The van der Waals surface area contributed by atoms with E-state index in [1.54, 1.807) is 6.07 Å². The van der Waals surface area contributed by atoms with Crippen LogP contribution in [0.5, 0.6) is 0 Å². The third-order valence-electron chi connectivity index (χ3n) is 5.70. The fraction of sp³-hybridized carbons (Fsp3) is 0.611. The van der Waals surface area contributed by atoms with Gasteiger partial charge in [0, 0.05) is 63.4 Å². The van der Waals surface area contributed by atoms with Crippen LogP contribution in [-0.2, 0) is 10.3 Å². The van der Waals surface area contributed by atoms with Crippen molar-refractivity contribution in [3.8, 4) is 0 Å². The first kappa shape index (κ1) is 15.8. The number of likely N-dealkylation sites (N-methyl/N-ethyl adjacent to an activating group) is 1. The lowest BCUT2D eigenvalue weighted by Crippen LogP contribution is -2.44. The highest BCUT2D eigenvalue weighted by molar-refractivity contribution is 5.96. The van der Waals surface area contributed by atoms with E-state index in [0.29, 0.717) is 24.0 Å². The van der Waals surface area contributed by atoms with E-state index < -0.39 is 5.60 Å². The average molecular weight is 333 g/mol. The van der Waals surface area contributed by atoms with Gasteiger partial charge in [0.1, 0.15) is 11.4 Å². The number of anilines is 1. The minimum atomic E-state index is -0.760. The summed E-state index contributed by atoms with van der Waals surface area (Å²) >= 11 is 0. The zero-order valence-electron chi connectivity index (χ0n) is 14.3. The van der Waals surface area contributed by atoms with Gasteiger partial charge in [0.15, 0.2) is 0 Å². The predicted molar refractivity (Wildman–Crippen MR) is 89.9 cm³/mol. The second-order valence-electron chi connectivity index (χ2n) is 7.33. The molecular weight excluding hydrogens is 309 g/mol. The van der Waals surface area contributed by atoms with Crippen molar-refractivity contribution < 1.29 is 13.9 Å². The van der Waals surface area contributed by atoms with E-state index in [4.69, 9.17) is 4.74 Å². The number of nitrogens with zero attached hydrogens (tertiary/aromatic N) is 3. The number of halogens is 1. The van der Waals surface area contributed by atoms with Crippen molar-refractivity contribution in [2.75, 3.05) is 58.3 Å². The lowest BCUT2D eigenvalue weighted by atomic mass is 9.83. The van der Waals surface area contributed by atoms with Gasteiger partial charge in [-0.2, -0.15) is 0 Å². The minimum Gasteiger partial charge on any atom is -0.450 e. The molecule has 2 saturated heterocycles. The molecule has 1 spiro atoms. The molecule has 0 aliphatic carbocycles. The van der Waals surface area contributed by atoms with E-state index in [-0.39, 0.29) is 11.8 Å². The van der Waals surface area contributed by atoms with Gasteiger partial charge >= 0.3 is 5.97 Å². The molecule has 1 aromatic carbocycles. The molecule has 0 radical (unpaired) electrons. The van der Waals surface area contributed by atoms with Crippen LogP contribution in [-0.4, -0.2) is 69.1 Å². The molecule has 0 bridgehead atoms. The first-order valence-corrected chi connectivity index (χ1v) is 8.68. The van der Waals surface area contributed by atoms with Crippen LogP contribution in [0, 0.1) is 5.82 Å². The van der Waals surface area contributed by atoms with Crippen LogP contribution in [0.4, 0.5) is 10.1 Å². The maximum absolute atomic E-state index is 15.0. The molecule has 0 unspecified atom stereocenters. The van der Waals surface area contributed by atoms with Gasteiger partial charge in [-0.15, -0.1) is 0 Å². The number of hydrogen-bond acceptors (Lipinski definition) is 5. The van der Waals surface area contributed by atoms with Crippen molar-refractivity contribution in [1.82, 2.24) is 9.80 Å². The van der Waals surface area contributed by atoms with Gasteiger partial charge in [0.25, 0.3) is 0 Å². The molecule has 2 fully saturated rings. The lowest BCUT2D eigenvalue weighted by molar-refractivity contribution is -0.0408. The number of rotatable bonds is 1. The number of carbonyl (C=O) groups excluding carboxylic acids is 1. The summed E-state index contributed by atoms with van der Waals surface area (Å²) in [5, 5.41) is 0. The number of piperazine rings is 1. The first-order chi connectivity index (χ1) is 11.5. The average Bonchev–Trinajstić information content (AvgIpc) is 2.84. The van der Waals surface area contributed by atoms with E-state index in [0.717, 1.165) is 45.0 Å². The topological polar surface area (TPSA) is 36.0 Å². The van der Waals surface area contributed by atoms with Crippen LogP contribution >= 0.6 is 0 Å². The normalized spacial score (nSPS) is 24.3. The Morgan fingerprint density at radius 1 is 1.00 bits per heavy atom. The highest BCUT2D eigenvalue weighted by Crippen LogP contribution is 2.46. The number of piperidine rings is 1. The molecule has 4 rings (SSSR count). The zero-order valence-corrected chi connectivity index (χ0v) is 14.3. The van der Waals surface area contributed by atoms with E-state index in [1.165, 1.54) is 0 Å². The maximum Gasteiger partial charge on any atom is 0.339 e. The van der Waals surface area contributed by atoms with Crippen molar-refractivity contribution in [2.24, 2.45) is 0 Å². The highest BCUT2D eigenvalue weighted by Gasteiger charge is 2.49. The molecule has 3 heterocycles. The van der Waals surface area contributed by atoms with Gasteiger partial charge in [-0.1, -0.05) is 0 Å². The Morgan fingerprint density at radius 2 is 1.62 bits per heavy atom. The third kappa shape index (κ3) is 2.48. The maximum atomic E-state index is 15.0. The molecule has 1 aromatic rings. The van der Waals surface area contributed by atoms with Crippen molar-refractivity contribution >= 4 is 11.7 Å². The summed E-state index contributed by atoms with van der Waals surface area (Å²) < 4.78 is 20.7.